The van der Waals surface area contributed by atoms with Crippen molar-refractivity contribution in [3.63, 3.8) is 0 Å². The number of rotatable bonds is 5. The van der Waals surface area contributed by atoms with Crippen molar-refractivity contribution in [2.45, 2.75) is 18.4 Å². The summed E-state index contributed by atoms with van der Waals surface area (Å²) in [7, 11) is -3.76. The van der Waals surface area contributed by atoms with Crippen LogP contribution in [0.4, 0.5) is 0 Å². The number of sulfonamides is 1. The molecule has 2 rings (SSSR count). The molecule has 0 atom stereocenters. The van der Waals surface area contributed by atoms with Gasteiger partial charge in [0.25, 0.3) is 0 Å². The molecular weight excluding hydrogens is 286 g/mol. The van der Waals surface area contributed by atoms with Crippen molar-refractivity contribution in [2.24, 2.45) is 0 Å². The third kappa shape index (κ3) is 3.19. The van der Waals surface area contributed by atoms with E-state index in [9.17, 15) is 13.2 Å². The number of aryl methyl sites for hydroxylation is 1. The molecule has 1 aromatic carbocycles. The van der Waals surface area contributed by atoms with Crippen molar-refractivity contribution < 1.29 is 22.8 Å². The van der Waals surface area contributed by atoms with Crippen molar-refractivity contribution in [1.29, 1.82) is 0 Å². The average molecular weight is 297 g/mol. The van der Waals surface area contributed by atoms with Crippen LogP contribution in [-0.2, 0) is 16.6 Å². The van der Waals surface area contributed by atoms with Crippen LogP contribution in [0.3, 0.4) is 0 Å². The summed E-state index contributed by atoms with van der Waals surface area (Å²) in [5, 5.41) is 12.3. The van der Waals surface area contributed by atoms with Crippen LogP contribution in [0.5, 0.6) is 0 Å². The molecule has 0 fully saturated rings. The highest BCUT2D eigenvalue weighted by Gasteiger charge is 2.16. The topological polar surface area (TPSA) is 122 Å². The number of hydrogen-bond donors (Lipinski definition) is 2. The monoisotopic (exact) mass is 297 g/mol. The number of benzene rings is 1. The van der Waals surface area contributed by atoms with E-state index in [1.165, 1.54) is 24.3 Å². The van der Waals surface area contributed by atoms with E-state index in [4.69, 9.17) is 9.63 Å². The highest BCUT2D eigenvalue weighted by atomic mass is 32.2. The zero-order chi connectivity index (χ0) is 14.8. The van der Waals surface area contributed by atoms with E-state index >= 15 is 0 Å². The van der Waals surface area contributed by atoms with E-state index in [-0.39, 0.29) is 22.9 Å². The van der Waals surface area contributed by atoms with Gasteiger partial charge in [-0.2, -0.15) is 4.98 Å². The number of carboxylic acids is 1. The van der Waals surface area contributed by atoms with E-state index in [1.54, 1.807) is 6.92 Å². The van der Waals surface area contributed by atoms with Gasteiger partial charge < -0.3 is 9.63 Å². The van der Waals surface area contributed by atoms with Gasteiger partial charge in [-0.25, -0.2) is 17.9 Å². The standard InChI is InChI=1S/C11H11N3O5S/c1-7-13-10(19-14-7)6-12-20(17,18)9-4-2-8(3-5-9)11(15)16/h2-5,12H,6H2,1H3,(H,15,16). The molecule has 0 bridgehead atoms. The summed E-state index contributed by atoms with van der Waals surface area (Å²) in [6, 6.07) is 4.86. The highest BCUT2D eigenvalue weighted by molar-refractivity contribution is 7.89. The van der Waals surface area contributed by atoms with Gasteiger partial charge in [0.05, 0.1) is 17.0 Å². The fourth-order valence-corrected chi connectivity index (χ4v) is 2.40. The first-order chi connectivity index (χ1) is 9.38. The predicted molar refractivity (Wildman–Crippen MR) is 66.5 cm³/mol. The second kappa shape index (κ2) is 5.39. The lowest BCUT2D eigenvalue weighted by molar-refractivity contribution is 0.0696. The Morgan fingerprint density at radius 1 is 1.35 bits per heavy atom. The Kier molecular flexibility index (Phi) is 3.81. The van der Waals surface area contributed by atoms with Crippen LogP contribution in [0.2, 0.25) is 0 Å². The van der Waals surface area contributed by atoms with E-state index in [2.05, 4.69) is 14.9 Å². The smallest absolute Gasteiger partial charge is 0.335 e. The zero-order valence-electron chi connectivity index (χ0n) is 10.4. The second-order valence-corrected chi connectivity index (χ2v) is 5.66. The van der Waals surface area contributed by atoms with Crippen molar-refractivity contribution in [3.05, 3.63) is 41.5 Å². The Labute approximate surface area is 114 Å². The minimum Gasteiger partial charge on any atom is -0.478 e. The molecule has 0 saturated heterocycles. The van der Waals surface area contributed by atoms with Crippen LogP contribution >= 0.6 is 0 Å². The van der Waals surface area contributed by atoms with E-state index < -0.39 is 16.0 Å². The summed E-state index contributed by atoms with van der Waals surface area (Å²) in [6.07, 6.45) is 0. The third-order valence-corrected chi connectivity index (χ3v) is 3.81. The van der Waals surface area contributed by atoms with Crippen LogP contribution in [0.25, 0.3) is 0 Å². The molecule has 8 nitrogen and oxygen atoms in total. The van der Waals surface area contributed by atoms with Gasteiger partial charge in [-0.1, -0.05) is 5.16 Å². The molecule has 0 unspecified atom stereocenters. The summed E-state index contributed by atoms with van der Waals surface area (Å²) < 4.78 is 31.0. The molecule has 0 saturated carbocycles. The SMILES string of the molecule is Cc1noc(CNS(=O)(=O)c2ccc(C(=O)O)cc2)n1. The maximum Gasteiger partial charge on any atom is 0.335 e. The maximum absolute atomic E-state index is 11.9. The van der Waals surface area contributed by atoms with Crippen LogP contribution in [0.1, 0.15) is 22.1 Å². The molecule has 20 heavy (non-hydrogen) atoms. The lowest BCUT2D eigenvalue weighted by Crippen LogP contribution is -2.23. The number of carbonyl (C=O) groups is 1. The summed E-state index contributed by atoms with van der Waals surface area (Å²) in [6.45, 7) is 1.48. The van der Waals surface area contributed by atoms with E-state index in [0.29, 0.717) is 5.82 Å². The Morgan fingerprint density at radius 3 is 2.50 bits per heavy atom. The van der Waals surface area contributed by atoms with Crippen molar-refractivity contribution >= 4 is 16.0 Å². The summed E-state index contributed by atoms with van der Waals surface area (Å²) in [5.41, 5.74) is 0.0106. The molecule has 2 N–H and O–H groups in total. The number of aromatic carboxylic acids is 1. The molecule has 0 aliphatic heterocycles. The molecule has 1 aromatic heterocycles. The largest absolute Gasteiger partial charge is 0.478 e. The Hall–Kier alpha value is -2.26. The molecule has 0 aliphatic rings. The summed E-state index contributed by atoms with van der Waals surface area (Å²) in [4.78, 5) is 14.5. The fourth-order valence-electron chi connectivity index (χ4n) is 1.43. The van der Waals surface area contributed by atoms with E-state index in [1.807, 2.05) is 0 Å². The van der Waals surface area contributed by atoms with Gasteiger partial charge in [0.1, 0.15) is 0 Å². The number of aromatic nitrogens is 2. The predicted octanol–water partition coefficient (Wildman–Crippen LogP) is 0.555. The number of nitrogens with one attached hydrogen (secondary N) is 1. The van der Waals surface area contributed by atoms with E-state index in [0.717, 1.165) is 0 Å². The summed E-state index contributed by atoms with van der Waals surface area (Å²) >= 11 is 0. The van der Waals surface area contributed by atoms with Gasteiger partial charge in [-0.05, 0) is 31.2 Å². The molecule has 0 aliphatic carbocycles. The molecule has 2 aromatic rings. The van der Waals surface area contributed by atoms with Gasteiger partial charge >= 0.3 is 5.97 Å². The maximum atomic E-state index is 11.9. The van der Waals surface area contributed by atoms with Crippen molar-refractivity contribution in [1.82, 2.24) is 14.9 Å². The van der Waals surface area contributed by atoms with Crippen LogP contribution in [0.15, 0.2) is 33.7 Å². The molecule has 0 amide bonds. The number of carboxylic acid groups (broad SMARTS) is 1. The Bertz CT molecular complexity index is 721. The average Bonchev–Trinajstić information content (AvgIpc) is 2.82. The van der Waals surface area contributed by atoms with Crippen LogP contribution in [-0.4, -0.2) is 29.6 Å². The van der Waals surface area contributed by atoms with Gasteiger partial charge in [0, 0.05) is 0 Å². The first kappa shape index (κ1) is 14.2. The zero-order valence-corrected chi connectivity index (χ0v) is 11.2. The lowest BCUT2D eigenvalue weighted by atomic mass is 10.2. The highest BCUT2D eigenvalue weighted by Crippen LogP contribution is 2.11. The molecule has 9 heteroatoms. The number of hydrogen-bond acceptors (Lipinski definition) is 6. The van der Waals surface area contributed by atoms with Crippen LogP contribution < -0.4 is 4.72 Å². The minimum atomic E-state index is -3.76. The molecule has 0 spiro atoms. The Balaban J connectivity index is 2.11. The van der Waals surface area contributed by atoms with Crippen molar-refractivity contribution in [2.75, 3.05) is 0 Å². The third-order valence-electron chi connectivity index (χ3n) is 2.39. The Morgan fingerprint density at radius 2 is 2.00 bits per heavy atom. The molecule has 106 valence electrons. The lowest BCUT2D eigenvalue weighted by Gasteiger charge is -2.04. The first-order valence-electron chi connectivity index (χ1n) is 5.51. The van der Waals surface area contributed by atoms with Crippen LogP contribution in [0, 0.1) is 6.92 Å². The van der Waals surface area contributed by atoms with Gasteiger partial charge in [0.15, 0.2) is 5.82 Å². The van der Waals surface area contributed by atoms with Gasteiger partial charge in [0.2, 0.25) is 15.9 Å². The summed E-state index contributed by atoms with van der Waals surface area (Å²) in [5.74, 6) is -0.568. The number of nitrogens with zero attached hydrogens (tertiary/aromatic N) is 2. The van der Waals surface area contributed by atoms with Gasteiger partial charge in [-0.15, -0.1) is 0 Å². The van der Waals surface area contributed by atoms with Crippen molar-refractivity contribution in [3.8, 4) is 0 Å². The second-order valence-electron chi connectivity index (χ2n) is 3.89. The quantitative estimate of drug-likeness (QED) is 0.826. The normalized spacial score (nSPS) is 11.4. The molecule has 0 radical (unpaired) electrons. The fraction of sp³-hybridized carbons (Fsp3) is 0.182. The molecular formula is C11H11N3O5S. The van der Waals surface area contributed by atoms with Gasteiger partial charge in [-0.3, -0.25) is 0 Å². The first-order valence-corrected chi connectivity index (χ1v) is 6.99. The molecule has 1 heterocycles. The minimum absolute atomic E-state index is 0.0106.